The second-order valence-corrected chi connectivity index (χ2v) is 4.49. The number of anilines is 1. The predicted molar refractivity (Wildman–Crippen MR) is 71.9 cm³/mol. The van der Waals surface area contributed by atoms with E-state index in [0.717, 1.165) is 16.8 Å². The SMILES string of the molecule is Cc1cc(C)cc(N(C)C(=O)C(C)C(N)=NO)c1. The molecular weight excluding hydrogens is 230 g/mol. The molecule has 0 fully saturated rings. The lowest BCUT2D eigenvalue weighted by Gasteiger charge is -2.21. The number of carbonyl (C=O) groups is 1. The number of nitrogens with two attached hydrogens (primary N) is 1. The molecule has 0 bridgehead atoms. The smallest absolute Gasteiger partial charge is 0.237 e. The zero-order valence-electron chi connectivity index (χ0n) is 11.1. The molecule has 0 radical (unpaired) electrons. The average molecular weight is 249 g/mol. The van der Waals surface area contributed by atoms with Crippen LogP contribution in [0.3, 0.4) is 0 Å². The van der Waals surface area contributed by atoms with Crippen molar-refractivity contribution in [1.29, 1.82) is 0 Å². The lowest BCUT2D eigenvalue weighted by atomic mass is 10.1. The van der Waals surface area contributed by atoms with Crippen molar-refractivity contribution in [2.24, 2.45) is 16.8 Å². The quantitative estimate of drug-likeness (QED) is 0.370. The predicted octanol–water partition coefficient (Wildman–Crippen LogP) is 1.65. The van der Waals surface area contributed by atoms with Gasteiger partial charge in [-0.1, -0.05) is 11.2 Å². The molecule has 0 aliphatic carbocycles. The van der Waals surface area contributed by atoms with E-state index in [4.69, 9.17) is 10.9 Å². The van der Waals surface area contributed by atoms with Gasteiger partial charge in [0.1, 0.15) is 0 Å². The molecule has 1 rings (SSSR count). The second kappa shape index (κ2) is 5.53. The first-order valence-corrected chi connectivity index (χ1v) is 5.70. The van der Waals surface area contributed by atoms with Crippen molar-refractivity contribution >= 4 is 17.4 Å². The van der Waals surface area contributed by atoms with Crippen molar-refractivity contribution in [3.05, 3.63) is 29.3 Å². The zero-order chi connectivity index (χ0) is 13.9. The molecule has 0 heterocycles. The lowest BCUT2D eigenvalue weighted by molar-refractivity contribution is -0.119. The molecule has 1 amide bonds. The highest BCUT2D eigenvalue weighted by Crippen LogP contribution is 2.19. The van der Waals surface area contributed by atoms with Crippen molar-refractivity contribution in [3.8, 4) is 0 Å². The Kier molecular flexibility index (Phi) is 4.31. The van der Waals surface area contributed by atoms with E-state index in [1.165, 1.54) is 4.90 Å². The minimum atomic E-state index is -0.652. The van der Waals surface area contributed by atoms with Crippen LogP contribution >= 0.6 is 0 Å². The van der Waals surface area contributed by atoms with Crippen LogP contribution in [0.5, 0.6) is 0 Å². The zero-order valence-corrected chi connectivity index (χ0v) is 11.1. The molecule has 5 nitrogen and oxygen atoms in total. The van der Waals surface area contributed by atoms with Gasteiger partial charge in [0.25, 0.3) is 0 Å². The van der Waals surface area contributed by atoms with Gasteiger partial charge in [-0.3, -0.25) is 4.79 Å². The van der Waals surface area contributed by atoms with Gasteiger partial charge in [0, 0.05) is 12.7 Å². The first-order valence-electron chi connectivity index (χ1n) is 5.70. The largest absolute Gasteiger partial charge is 0.409 e. The number of benzene rings is 1. The molecule has 0 aliphatic heterocycles. The Labute approximate surface area is 107 Å². The van der Waals surface area contributed by atoms with E-state index >= 15 is 0 Å². The van der Waals surface area contributed by atoms with E-state index in [9.17, 15) is 4.79 Å². The van der Waals surface area contributed by atoms with Crippen LogP contribution in [0.2, 0.25) is 0 Å². The van der Waals surface area contributed by atoms with Gasteiger partial charge in [-0.25, -0.2) is 0 Å². The van der Waals surface area contributed by atoms with Gasteiger partial charge in [0.05, 0.1) is 5.92 Å². The maximum absolute atomic E-state index is 12.1. The van der Waals surface area contributed by atoms with Crippen molar-refractivity contribution in [3.63, 3.8) is 0 Å². The van der Waals surface area contributed by atoms with Gasteiger partial charge in [-0.15, -0.1) is 0 Å². The van der Waals surface area contributed by atoms with Gasteiger partial charge >= 0.3 is 0 Å². The third kappa shape index (κ3) is 3.00. The number of rotatable bonds is 3. The number of aryl methyl sites for hydroxylation is 2. The summed E-state index contributed by atoms with van der Waals surface area (Å²) in [4.78, 5) is 13.6. The fraction of sp³-hybridized carbons (Fsp3) is 0.385. The fourth-order valence-electron chi connectivity index (χ4n) is 1.78. The molecule has 1 unspecified atom stereocenters. The van der Waals surface area contributed by atoms with E-state index in [1.54, 1.807) is 14.0 Å². The highest BCUT2D eigenvalue weighted by molar-refractivity contribution is 6.08. The monoisotopic (exact) mass is 249 g/mol. The van der Waals surface area contributed by atoms with Crippen LogP contribution in [0.25, 0.3) is 0 Å². The number of nitrogens with zero attached hydrogens (tertiary/aromatic N) is 2. The van der Waals surface area contributed by atoms with Crippen molar-refractivity contribution in [1.82, 2.24) is 0 Å². The summed E-state index contributed by atoms with van der Waals surface area (Å²) < 4.78 is 0. The van der Waals surface area contributed by atoms with Crippen molar-refractivity contribution in [2.75, 3.05) is 11.9 Å². The number of amides is 1. The second-order valence-electron chi connectivity index (χ2n) is 4.49. The summed E-state index contributed by atoms with van der Waals surface area (Å²) in [6.45, 7) is 5.56. The molecule has 0 aromatic heterocycles. The molecule has 5 heteroatoms. The normalized spacial score (nSPS) is 13.2. The molecule has 1 aromatic rings. The molecule has 0 saturated carbocycles. The van der Waals surface area contributed by atoms with Crippen molar-refractivity contribution in [2.45, 2.75) is 20.8 Å². The van der Waals surface area contributed by atoms with Crippen LogP contribution in [0.15, 0.2) is 23.4 Å². The van der Waals surface area contributed by atoms with Crippen LogP contribution in [0, 0.1) is 19.8 Å². The molecule has 3 N–H and O–H groups in total. The number of hydrogen-bond acceptors (Lipinski definition) is 3. The van der Waals surface area contributed by atoms with Gasteiger partial charge in [-0.05, 0) is 44.0 Å². The number of carbonyl (C=O) groups excluding carboxylic acids is 1. The van der Waals surface area contributed by atoms with Crippen LogP contribution in [-0.2, 0) is 4.79 Å². The van der Waals surface area contributed by atoms with Gasteiger partial charge in [0.2, 0.25) is 5.91 Å². The lowest BCUT2D eigenvalue weighted by Crippen LogP contribution is -2.38. The van der Waals surface area contributed by atoms with Gasteiger partial charge in [0.15, 0.2) is 5.84 Å². The Bertz CT molecular complexity index is 463. The molecule has 0 spiro atoms. The molecule has 18 heavy (non-hydrogen) atoms. The van der Waals surface area contributed by atoms with E-state index in [-0.39, 0.29) is 11.7 Å². The van der Waals surface area contributed by atoms with Crippen LogP contribution in [0.1, 0.15) is 18.1 Å². The molecule has 1 atom stereocenters. The van der Waals surface area contributed by atoms with Crippen LogP contribution < -0.4 is 10.6 Å². The summed E-state index contributed by atoms with van der Waals surface area (Å²) in [6.07, 6.45) is 0. The molecular formula is C13H19N3O2. The van der Waals surface area contributed by atoms with Crippen LogP contribution in [-0.4, -0.2) is 24.0 Å². The summed E-state index contributed by atoms with van der Waals surface area (Å²) in [5, 5.41) is 11.5. The summed E-state index contributed by atoms with van der Waals surface area (Å²) in [5.41, 5.74) is 8.42. The van der Waals surface area contributed by atoms with Crippen molar-refractivity contribution < 1.29 is 10.0 Å². The summed E-state index contributed by atoms with van der Waals surface area (Å²) in [5.74, 6) is -0.952. The number of hydrogen-bond donors (Lipinski definition) is 2. The third-order valence-corrected chi connectivity index (χ3v) is 2.85. The maximum atomic E-state index is 12.1. The topological polar surface area (TPSA) is 78.9 Å². The van der Waals surface area contributed by atoms with E-state index in [2.05, 4.69) is 5.16 Å². The molecule has 98 valence electrons. The minimum absolute atomic E-state index is 0.0868. The highest BCUT2D eigenvalue weighted by atomic mass is 16.4. The maximum Gasteiger partial charge on any atom is 0.237 e. The Hall–Kier alpha value is -2.04. The van der Waals surface area contributed by atoms with E-state index in [1.807, 2.05) is 32.0 Å². The summed E-state index contributed by atoms with van der Waals surface area (Å²) >= 11 is 0. The number of oxime groups is 1. The Morgan fingerprint density at radius 2 is 1.83 bits per heavy atom. The van der Waals surface area contributed by atoms with Crippen LogP contribution in [0.4, 0.5) is 5.69 Å². The van der Waals surface area contributed by atoms with E-state index in [0.29, 0.717) is 0 Å². The Balaban J connectivity index is 2.99. The Morgan fingerprint density at radius 1 is 1.33 bits per heavy atom. The summed E-state index contributed by atoms with van der Waals surface area (Å²) in [6, 6.07) is 5.88. The summed E-state index contributed by atoms with van der Waals surface area (Å²) in [7, 11) is 1.68. The fourth-order valence-corrected chi connectivity index (χ4v) is 1.78. The average Bonchev–Trinajstić information content (AvgIpc) is 2.33. The highest BCUT2D eigenvalue weighted by Gasteiger charge is 2.22. The van der Waals surface area contributed by atoms with Gasteiger partial charge < -0.3 is 15.8 Å². The first kappa shape index (κ1) is 14.0. The minimum Gasteiger partial charge on any atom is -0.409 e. The van der Waals surface area contributed by atoms with E-state index < -0.39 is 5.92 Å². The molecule has 0 aliphatic rings. The first-order chi connectivity index (χ1) is 8.36. The molecule has 0 saturated heterocycles. The Morgan fingerprint density at radius 3 is 2.28 bits per heavy atom. The standard InChI is InChI=1S/C13H19N3O2/c1-8-5-9(2)7-11(6-8)16(4)13(17)10(3)12(14)15-18/h5-7,10,18H,1-4H3,(H2,14,15). The third-order valence-electron chi connectivity index (χ3n) is 2.85. The van der Waals surface area contributed by atoms with Gasteiger partial charge in [-0.2, -0.15) is 0 Å². The number of amidine groups is 1. The molecule has 1 aromatic carbocycles.